The molecule has 2 saturated carbocycles. The standard InChI is InChI=1S/C15H21N3O.CH2/c19-15(18-17-10-14-5-2-6-16-14)13-8-11-3-1-4-12(7-11)9-13;/h2,5-6,10-13,16H,1,3-4,7-9H2,(H,18,19);1H2. The van der Waals surface area contributed by atoms with E-state index < -0.39 is 0 Å². The smallest absolute Gasteiger partial charge is 0.243 e. The number of nitrogens with one attached hydrogen (secondary N) is 2. The van der Waals surface area contributed by atoms with Gasteiger partial charge in [0.2, 0.25) is 5.91 Å². The normalized spacial score (nSPS) is 28.9. The van der Waals surface area contributed by atoms with E-state index in [1.165, 1.54) is 25.7 Å². The van der Waals surface area contributed by atoms with Crippen molar-refractivity contribution in [1.82, 2.24) is 10.4 Å². The molecule has 3 rings (SSSR count). The second-order valence-electron chi connectivity index (χ2n) is 5.93. The van der Waals surface area contributed by atoms with Gasteiger partial charge >= 0.3 is 0 Å². The molecule has 0 aliphatic heterocycles. The fourth-order valence-electron chi connectivity index (χ4n) is 3.63. The van der Waals surface area contributed by atoms with Crippen molar-refractivity contribution in [2.75, 3.05) is 0 Å². The van der Waals surface area contributed by atoms with Crippen LogP contribution in [0.15, 0.2) is 23.4 Å². The molecule has 2 aliphatic carbocycles. The number of aromatic nitrogens is 1. The Bertz CT molecular complexity index is 440. The molecule has 4 nitrogen and oxygen atoms in total. The first-order valence-corrected chi connectivity index (χ1v) is 7.27. The van der Waals surface area contributed by atoms with Crippen LogP contribution in [0.5, 0.6) is 0 Å². The van der Waals surface area contributed by atoms with Crippen LogP contribution >= 0.6 is 0 Å². The first-order chi connectivity index (χ1) is 9.31. The zero-order valence-electron chi connectivity index (χ0n) is 11.8. The number of hydrazone groups is 1. The van der Waals surface area contributed by atoms with Crippen LogP contribution in [-0.4, -0.2) is 17.1 Å². The molecular formula is C16H23N3O. The highest BCUT2D eigenvalue weighted by Crippen LogP contribution is 2.42. The first kappa shape index (κ1) is 14.8. The number of nitrogens with zero attached hydrogens (tertiary/aromatic N) is 1. The van der Waals surface area contributed by atoms with Crippen LogP contribution in [0.25, 0.3) is 0 Å². The largest absolute Gasteiger partial charge is 0.360 e. The number of rotatable bonds is 3. The van der Waals surface area contributed by atoms with Crippen LogP contribution in [0.1, 0.15) is 44.2 Å². The Kier molecular flexibility index (Phi) is 4.99. The lowest BCUT2D eigenvalue weighted by Gasteiger charge is -2.38. The molecule has 1 aromatic heterocycles. The van der Waals surface area contributed by atoms with E-state index in [1.807, 2.05) is 18.3 Å². The van der Waals surface area contributed by atoms with E-state index in [9.17, 15) is 4.79 Å². The molecule has 2 fully saturated rings. The van der Waals surface area contributed by atoms with Crippen LogP contribution in [0.2, 0.25) is 0 Å². The molecule has 1 heterocycles. The summed E-state index contributed by atoms with van der Waals surface area (Å²) in [6, 6.07) is 3.83. The third kappa shape index (κ3) is 3.50. The van der Waals surface area contributed by atoms with Gasteiger partial charge in [-0.05, 0) is 43.2 Å². The second-order valence-corrected chi connectivity index (χ2v) is 5.93. The molecule has 1 amide bonds. The summed E-state index contributed by atoms with van der Waals surface area (Å²) in [6.45, 7) is 0. The predicted octanol–water partition coefficient (Wildman–Crippen LogP) is 3.01. The molecule has 2 N–H and O–H groups in total. The Labute approximate surface area is 121 Å². The van der Waals surface area contributed by atoms with E-state index in [-0.39, 0.29) is 19.3 Å². The molecule has 1 aromatic rings. The lowest BCUT2D eigenvalue weighted by Crippen LogP contribution is -2.35. The van der Waals surface area contributed by atoms with E-state index in [4.69, 9.17) is 0 Å². The van der Waals surface area contributed by atoms with Crippen molar-refractivity contribution in [2.24, 2.45) is 22.9 Å². The van der Waals surface area contributed by atoms with Gasteiger partial charge in [-0.15, -0.1) is 0 Å². The number of carbonyl (C=O) groups is 1. The Morgan fingerprint density at radius 1 is 1.30 bits per heavy atom. The van der Waals surface area contributed by atoms with Gasteiger partial charge in [-0.25, -0.2) is 5.43 Å². The van der Waals surface area contributed by atoms with Gasteiger partial charge in [-0.2, -0.15) is 5.10 Å². The third-order valence-electron chi connectivity index (χ3n) is 4.50. The molecule has 2 atom stereocenters. The van der Waals surface area contributed by atoms with E-state index in [2.05, 4.69) is 15.5 Å². The maximum absolute atomic E-state index is 12.1. The highest BCUT2D eigenvalue weighted by Gasteiger charge is 2.34. The molecule has 2 radical (unpaired) electrons. The fraction of sp³-hybridized carbons (Fsp3) is 0.562. The Hall–Kier alpha value is -1.58. The lowest BCUT2D eigenvalue weighted by molar-refractivity contribution is -0.127. The minimum atomic E-state index is 0. The van der Waals surface area contributed by atoms with Crippen molar-refractivity contribution >= 4 is 12.1 Å². The summed E-state index contributed by atoms with van der Waals surface area (Å²) in [5.74, 6) is 1.82. The SMILES string of the molecule is O=C(NN=Cc1ccc[nH]1)C1CC2CCCC(C2)C1.[CH2]. The second kappa shape index (κ2) is 6.73. The Balaban J connectivity index is 0.00000147. The van der Waals surface area contributed by atoms with Crippen LogP contribution in [0.3, 0.4) is 0 Å². The van der Waals surface area contributed by atoms with Crippen molar-refractivity contribution in [3.63, 3.8) is 0 Å². The first-order valence-electron chi connectivity index (χ1n) is 7.27. The van der Waals surface area contributed by atoms with Crippen LogP contribution in [-0.2, 0) is 4.79 Å². The summed E-state index contributed by atoms with van der Waals surface area (Å²) in [5.41, 5.74) is 3.59. The molecule has 0 saturated heterocycles. The van der Waals surface area contributed by atoms with Crippen molar-refractivity contribution in [3.05, 3.63) is 31.5 Å². The minimum absolute atomic E-state index is 0. The number of hydrogen-bond acceptors (Lipinski definition) is 2. The molecule has 4 heteroatoms. The van der Waals surface area contributed by atoms with Crippen LogP contribution in [0.4, 0.5) is 0 Å². The van der Waals surface area contributed by atoms with Gasteiger partial charge < -0.3 is 4.98 Å². The number of aromatic amines is 1. The van der Waals surface area contributed by atoms with Gasteiger partial charge in [-0.1, -0.05) is 26.7 Å². The molecule has 0 aromatic carbocycles. The van der Waals surface area contributed by atoms with Gasteiger partial charge in [0, 0.05) is 12.1 Å². The summed E-state index contributed by atoms with van der Waals surface area (Å²) in [5, 5.41) is 4.03. The molecular weight excluding hydrogens is 250 g/mol. The molecule has 20 heavy (non-hydrogen) atoms. The average molecular weight is 273 g/mol. The number of carbonyl (C=O) groups excluding carboxylic acids is 1. The monoisotopic (exact) mass is 273 g/mol. The Morgan fingerprint density at radius 3 is 2.70 bits per heavy atom. The van der Waals surface area contributed by atoms with E-state index in [1.54, 1.807) is 6.21 Å². The molecule has 2 aliphatic rings. The maximum Gasteiger partial charge on any atom is 0.243 e. The van der Waals surface area contributed by atoms with Crippen molar-refractivity contribution in [3.8, 4) is 0 Å². The number of H-pyrrole nitrogens is 1. The van der Waals surface area contributed by atoms with Gasteiger partial charge in [0.1, 0.15) is 0 Å². The van der Waals surface area contributed by atoms with Gasteiger partial charge in [0.15, 0.2) is 0 Å². The maximum atomic E-state index is 12.1. The third-order valence-corrected chi connectivity index (χ3v) is 4.50. The van der Waals surface area contributed by atoms with Crippen molar-refractivity contribution < 1.29 is 4.79 Å². The Morgan fingerprint density at radius 2 is 2.05 bits per heavy atom. The molecule has 108 valence electrons. The summed E-state index contributed by atoms with van der Waals surface area (Å²) in [6.07, 6.45) is 10.9. The number of fused-ring (bicyclic) bond motifs is 2. The summed E-state index contributed by atoms with van der Waals surface area (Å²) < 4.78 is 0. The molecule has 2 unspecified atom stereocenters. The number of hydrogen-bond donors (Lipinski definition) is 2. The highest BCUT2D eigenvalue weighted by molar-refractivity contribution is 5.82. The topological polar surface area (TPSA) is 57.2 Å². The summed E-state index contributed by atoms with van der Waals surface area (Å²) in [7, 11) is 0. The predicted molar refractivity (Wildman–Crippen MR) is 80.1 cm³/mol. The van der Waals surface area contributed by atoms with Gasteiger partial charge in [0.05, 0.1) is 11.9 Å². The van der Waals surface area contributed by atoms with Crippen LogP contribution in [0, 0.1) is 25.2 Å². The zero-order chi connectivity index (χ0) is 13.1. The van der Waals surface area contributed by atoms with Crippen molar-refractivity contribution in [1.29, 1.82) is 0 Å². The molecule has 0 spiro atoms. The van der Waals surface area contributed by atoms with E-state index in [0.29, 0.717) is 0 Å². The van der Waals surface area contributed by atoms with E-state index in [0.717, 1.165) is 30.4 Å². The summed E-state index contributed by atoms with van der Waals surface area (Å²) in [4.78, 5) is 15.1. The van der Waals surface area contributed by atoms with E-state index >= 15 is 0 Å². The van der Waals surface area contributed by atoms with Crippen molar-refractivity contribution in [2.45, 2.75) is 38.5 Å². The number of amides is 1. The fourth-order valence-corrected chi connectivity index (χ4v) is 3.63. The van der Waals surface area contributed by atoms with Gasteiger partial charge in [-0.3, -0.25) is 4.79 Å². The zero-order valence-corrected chi connectivity index (χ0v) is 11.8. The average Bonchev–Trinajstić information content (AvgIpc) is 2.91. The van der Waals surface area contributed by atoms with Gasteiger partial charge in [0.25, 0.3) is 0 Å². The quantitative estimate of drug-likeness (QED) is 0.645. The summed E-state index contributed by atoms with van der Waals surface area (Å²) >= 11 is 0. The highest BCUT2D eigenvalue weighted by atomic mass is 16.2. The minimum Gasteiger partial charge on any atom is -0.360 e. The molecule has 2 bridgehead atoms. The lowest BCUT2D eigenvalue weighted by atomic mass is 9.68. The van der Waals surface area contributed by atoms with Crippen LogP contribution < -0.4 is 5.43 Å².